The van der Waals surface area contributed by atoms with Gasteiger partial charge in [0.15, 0.2) is 0 Å². The average molecular weight is 383 g/mol. The van der Waals surface area contributed by atoms with Gasteiger partial charge in [0.25, 0.3) is 0 Å². The number of thiophene rings is 1. The molecule has 17 heavy (non-hydrogen) atoms. The molecule has 2 aromatic rings. The second kappa shape index (κ2) is 5.46. The monoisotopic (exact) mass is 381 g/mol. The number of rotatable bonds is 3. The van der Waals surface area contributed by atoms with Crippen LogP contribution in [0, 0.1) is 11.6 Å². The number of halogens is 4. The molecule has 2 rings (SSSR count). The van der Waals surface area contributed by atoms with E-state index in [0.717, 1.165) is 15.4 Å². The quantitative estimate of drug-likeness (QED) is 0.772. The van der Waals surface area contributed by atoms with E-state index >= 15 is 0 Å². The van der Waals surface area contributed by atoms with Crippen LogP contribution in [0.5, 0.6) is 0 Å². The first-order valence-electron chi connectivity index (χ1n) is 4.67. The summed E-state index contributed by atoms with van der Waals surface area (Å²) in [7, 11) is 0. The summed E-state index contributed by atoms with van der Waals surface area (Å²) in [5.41, 5.74) is 0.274. The van der Waals surface area contributed by atoms with Crippen molar-refractivity contribution in [2.75, 3.05) is 5.32 Å². The molecule has 0 saturated heterocycles. The van der Waals surface area contributed by atoms with Crippen LogP contribution < -0.4 is 5.32 Å². The molecular formula is C11H7Br2F2NS. The highest BCUT2D eigenvalue weighted by molar-refractivity contribution is 9.10. The molecule has 6 heteroatoms. The minimum atomic E-state index is -0.604. The topological polar surface area (TPSA) is 12.0 Å². The minimum Gasteiger partial charge on any atom is -0.377 e. The second-order valence-electron chi connectivity index (χ2n) is 3.33. The van der Waals surface area contributed by atoms with E-state index in [1.807, 2.05) is 11.4 Å². The molecule has 0 aliphatic carbocycles. The van der Waals surface area contributed by atoms with E-state index in [1.54, 1.807) is 11.3 Å². The van der Waals surface area contributed by atoms with Crippen LogP contribution in [0.15, 0.2) is 32.5 Å². The lowest BCUT2D eigenvalue weighted by atomic mass is 10.3. The van der Waals surface area contributed by atoms with Crippen LogP contribution >= 0.6 is 43.2 Å². The molecule has 0 saturated carbocycles. The SMILES string of the molecule is Fc1cc(F)c(NCc2cc(Br)cs2)c(Br)c1. The third-order valence-electron chi connectivity index (χ3n) is 2.07. The van der Waals surface area contributed by atoms with E-state index in [0.29, 0.717) is 11.0 Å². The summed E-state index contributed by atoms with van der Waals surface area (Å²) in [5.74, 6) is -1.20. The van der Waals surface area contributed by atoms with Crippen molar-refractivity contribution in [3.63, 3.8) is 0 Å². The zero-order valence-electron chi connectivity index (χ0n) is 8.44. The smallest absolute Gasteiger partial charge is 0.150 e. The van der Waals surface area contributed by atoms with E-state index in [-0.39, 0.29) is 5.69 Å². The zero-order valence-corrected chi connectivity index (χ0v) is 12.4. The molecule has 1 aromatic heterocycles. The van der Waals surface area contributed by atoms with Crippen LogP contribution in [0.4, 0.5) is 14.5 Å². The van der Waals surface area contributed by atoms with Crippen molar-refractivity contribution in [1.82, 2.24) is 0 Å². The Balaban J connectivity index is 2.14. The van der Waals surface area contributed by atoms with Gasteiger partial charge in [-0.1, -0.05) is 0 Å². The maximum Gasteiger partial charge on any atom is 0.150 e. The molecule has 0 bridgehead atoms. The zero-order chi connectivity index (χ0) is 12.4. The normalized spacial score (nSPS) is 10.6. The van der Waals surface area contributed by atoms with Gasteiger partial charge in [0.2, 0.25) is 0 Å². The lowest BCUT2D eigenvalue weighted by Crippen LogP contribution is -2.01. The molecule has 0 fully saturated rings. The summed E-state index contributed by atoms with van der Waals surface area (Å²) in [6, 6.07) is 4.04. The Kier molecular flexibility index (Phi) is 4.17. The molecular weight excluding hydrogens is 376 g/mol. The van der Waals surface area contributed by atoms with Crippen molar-refractivity contribution in [2.24, 2.45) is 0 Å². The molecule has 90 valence electrons. The fraction of sp³-hybridized carbons (Fsp3) is 0.0909. The van der Waals surface area contributed by atoms with Gasteiger partial charge in [0.1, 0.15) is 11.6 Å². The molecule has 1 heterocycles. The highest BCUT2D eigenvalue weighted by Gasteiger charge is 2.09. The average Bonchev–Trinajstić information content (AvgIpc) is 2.62. The maximum atomic E-state index is 13.5. The third-order valence-corrected chi connectivity index (χ3v) is 4.39. The number of nitrogens with one attached hydrogen (secondary N) is 1. The van der Waals surface area contributed by atoms with E-state index in [2.05, 4.69) is 37.2 Å². The highest BCUT2D eigenvalue weighted by atomic mass is 79.9. The molecule has 1 N–H and O–H groups in total. The Morgan fingerprint density at radius 1 is 1.18 bits per heavy atom. The Hall–Kier alpha value is -0.460. The Morgan fingerprint density at radius 3 is 2.53 bits per heavy atom. The molecule has 1 nitrogen and oxygen atoms in total. The molecule has 1 aromatic carbocycles. The Morgan fingerprint density at radius 2 is 1.94 bits per heavy atom. The van der Waals surface area contributed by atoms with Gasteiger partial charge in [0.05, 0.1) is 5.69 Å². The maximum absolute atomic E-state index is 13.5. The van der Waals surface area contributed by atoms with Gasteiger partial charge >= 0.3 is 0 Å². The van der Waals surface area contributed by atoms with Crippen molar-refractivity contribution in [1.29, 1.82) is 0 Å². The van der Waals surface area contributed by atoms with E-state index in [9.17, 15) is 8.78 Å². The minimum absolute atomic E-state index is 0.274. The highest BCUT2D eigenvalue weighted by Crippen LogP contribution is 2.28. The van der Waals surface area contributed by atoms with E-state index in [4.69, 9.17) is 0 Å². The fourth-order valence-electron chi connectivity index (χ4n) is 1.33. The Bertz CT molecular complexity index is 519. The number of hydrogen-bond acceptors (Lipinski definition) is 2. The fourth-order valence-corrected chi connectivity index (χ4v) is 3.27. The number of benzene rings is 1. The summed E-state index contributed by atoms with van der Waals surface area (Å²) in [6.45, 7) is 0.497. The first-order valence-corrected chi connectivity index (χ1v) is 7.14. The van der Waals surface area contributed by atoms with Gasteiger partial charge < -0.3 is 5.32 Å². The molecule has 0 spiro atoms. The van der Waals surface area contributed by atoms with Gasteiger partial charge in [-0.25, -0.2) is 8.78 Å². The lowest BCUT2D eigenvalue weighted by Gasteiger charge is -2.08. The third kappa shape index (κ3) is 3.26. The van der Waals surface area contributed by atoms with Crippen LogP contribution in [0.1, 0.15) is 4.88 Å². The van der Waals surface area contributed by atoms with Crippen molar-refractivity contribution < 1.29 is 8.78 Å². The molecule has 0 atom stereocenters. The predicted octanol–water partition coefficient (Wildman–Crippen LogP) is 5.16. The number of hydrogen-bond donors (Lipinski definition) is 1. The Labute approximate surface area is 118 Å². The van der Waals surface area contributed by atoms with Crippen LogP contribution in [0.25, 0.3) is 0 Å². The van der Waals surface area contributed by atoms with Crippen molar-refractivity contribution >= 4 is 48.9 Å². The van der Waals surface area contributed by atoms with Gasteiger partial charge in [-0.2, -0.15) is 0 Å². The van der Waals surface area contributed by atoms with Gasteiger partial charge in [-0.3, -0.25) is 0 Å². The van der Waals surface area contributed by atoms with Crippen LogP contribution in [0.2, 0.25) is 0 Å². The molecule has 0 radical (unpaired) electrons. The summed E-state index contributed by atoms with van der Waals surface area (Å²) < 4.78 is 27.7. The van der Waals surface area contributed by atoms with Gasteiger partial charge in [-0.05, 0) is 44.0 Å². The summed E-state index contributed by atoms with van der Waals surface area (Å²) in [4.78, 5) is 1.06. The van der Waals surface area contributed by atoms with Gasteiger partial charge in [-0.15, -0.1) is 11.3 Å². The first kappa shape index (κ1) is 13.0. The van der Waals surface area contributed by atoms with Crippen LogP contribution in [-0.4, -0.2) is 0 Å². The standard InChI is InChI=1S/C11H7Br2F2NS/c12-6-1-8(17-5-6)4-16-11-9(13)2-7(14)3-10(11)15/h1-3,5,16H,4H2. The van der Waals surface area contributed by atoms with Crippen LogP contribution in [-0.2, 0) is 6.54 Å². The summed E-state index contributed by atoms with van der Waals surface area (Å²) >= 11 is 8.04. The first-order chi connectivity index (χ1) is 8.06. The lowest BCUT2D eigenvalue weighted by molar-refractivity contribution is 0.583. The summed E-state index contributed by atoms with van der Waals surface area (Å²) in [6.07, 6.45) is 0. The molecule has 0 aliphatic heterocycles. The van der Waals surface area contributed by atoms with Crippen LogP contribution in [0.3, 0.4) is 0 Å². The van der Waals surface area contributed by atoms with Gasteiger partial charge in [0, 0.05) is 31.8 Å². The predicted molar refractivity (Wildman–Crippen MR) is 73.4 cm³/mol. The second-order valence-corrected chi connectivity index (χ2v) is 6.10. The van der Waals surface area contributed by atoms with Crippen molar-refractivity contribution in [3.05, 3.63) is 49.0 Å². The van der Waals surface area contributed by atoms with Crippen molar-refractivity contribution in [3.8, 4) is 0 Å². The largest absolute Gasteiger partial charge is 0.377 e. The number of anilines is 1. The molecule has 0 unspecified atom stereocenters. The van der Waals surface area contributed by atoms with Crippen molar-refractivity contribution in [2.45, 2.75) is 6.54 Å². The molecule has 0 aliphatic rings. The summed E-state index contributed by atoms with van der Waals surface area (Å²) in [5, 5.41) is 4.89. The van der Waals surface area contributed by atoms with E-state index < -0.39 is 11.6 Å². The molecule has 0 amide bonds. The van der Waals surface area contributed by atoms with E-state index in [1.165, 1.54) is 6.07 Å².